The van der Waals surface area contributed by atoms with Crippen molar-refractivity contribution >= 4 is 45.8 Å². The van der Waals surface area contributed by atoms with Gasteiger partial charge in [-0.1, -0.05) is 87.8 Å². The molecule has 9 heteroatoms. The Morgan fingerprint density at radius 3 is 1.80 bits per heavy atom. The third-order valence-electron chi connectivity index (χ3n) is 4.61. The van der Waals surface area contributed by atoms with E-state index in [1.165, 1.54) is 20.8 Å². The van der Waals surface area contributed by atoms with Crippen LogP contribution in [0.2, 0.25) is 0 Å². The lowest BCUT2D eigenvalue weighted by molar-refractivity contribution is -0.142. The number of hydrogen-bond acceptors (Lipinski definition) is 9. The summed E-state index contributed by atoms with van der Waals surface area (Å²) in [6.45, 7) is 5.47. The summed E-state index contributed by atoms with van der Waals surface area (Å²) < 4.78 is 0. The zero-order chi connectivity index (χ0) is 25.4. The Morgan fingerprint density at radius 2 is 1.17 bits per heavy atom. The van der Waals surface area contributed by atoms with Gasteiger partial charge in [-0.3, -0.25) is 0 Å². The second-order valence-electron chi connectivity index (χ2n) is 7.46. The molecule has 0 aliphatic carbocycles. The van der Waals surface area contributed by atoms with Gasteiger partial charge in [-0.05, 0) is 17.7 Å². The first kappa shape index (κ1) is 25.0. The zero-order valence-corrected chi connectivity index (χ0v) is 19.6. The molecule has 35 heavy (non-hydrogen) atoms. The molecule has 0 aliphatic heterocycles. The van der Waals surface area contributed by atoms with Crippen LogP contribution in [0.4, 0.5) is 0 Å². The first-order valence-electron chi connectivity index (χ1n) is 10.6. The van der Waals surface area contributed by atoms with Gasteiger partial charge in [0.05, 0.1) is 0 Å². The van der Waals surface area contributed by atoms with E-state index in [0.717, 1.165) is 16.3 Å². The van der Waals surface area contributed by atoms with Gasteiger partial charge in [0.15, 0.2) is 5.71 Å². The minimum Gasteiger partial charge on any atom is -0.318 e. The Balaban J connectivity index is 2.33. The van der Waals surface area contributed by atoms with E-state index in [4.69, 9.17) is 14.5 Å². The Labute approximate surface area is 201 Å². The van der Waals surface area contributed by atoms with Crippen molar-refractivity contribution in [2.24, 2.45) is 15.5 Å². The van der Waals surface area contributed by atoms with Crippen molar-refractivity contribution in [3.8, 4) is 0 Å². The maximum absolute atomic E-state index is 11.7. The number of benzene rings is 3. The van der Waals surface area contributed by atoms with E-state index in [-0.39, 0.29) is 17.1 Å². The molecule has 0 aromatic heterocycles. The summed E-state index contributed by atoms with van der Waals surface area (Å²) in [5.41, 5.74) is 1.94. The van der Waals surface area contributed by atoms with Gasteiger partial charge in [-0.15, -0.1) is 0 Å². The predicted octanol–water partition coefficient (Wildman–Crippen LogP) is 4.30. The second kappa shape index (κ2) is 11.5. The van der Waals surface area contributed by atoms with Crippen LogP contribution in [0.3, 0.4) is 0 Å². The van der Waals surface area contributed by atoms with Gasteiger partial charge in [-0.2, -0.15) is 0 Å². The third kappa shape index (κ3) is 6.67. The van der Waals surface area contributed by atoms with E-state index in [1.54, 1.807) is 24.3 Å². The first-order chi connectivity index (χ1) is 16.8. The molecule has 0 amide bonds. The van der Waals surface area contributed by atoms with E-state index in [1.807, 2.05) is 49.4 Å². The number of hydrogen-bond donors (Lipinski definition) is 0. The average Bonchev–Trinajstić information content (AvgIpc) is 2.82. The highest BCUT2D eigenvalue weighted by Crippen LogP contribution is 2.22. The Bertz CT molecular complexity index is 1350. The molecule has 3 aromatic rings. The quantitative estimate of drug-likeness (QED) is 0.287. The molecule has 0 aliphatic rings. The minimum atomic E-state index is -0.706. The maximum Gasteiger partial charge on any atom is 0.332 e. The van der Waals surface area contributed by atoms with E-state index in [0.29, 0.717) is 11.1 Å². The highest BCUT2D eigenvalue weighted by atomic mass is 16.7. The molecule has 3 rings (SSSR count). The lowest BCUT2D eigenvalue weighted by Gasteiger charge is -2.14. The fourth-order valence-electron chi connectivity index (χ4n) is 3.12. The van der Waals surface area contributed by atoms with Crippen LogP contribution in [0.25, 0.3) is 10.8 Å². The van der Waals surface area contributed by atoms with Crippen LogP contribution in [0, 0.1) is 6.92 Å². The van der Waals surface area contributed by atoms with Crippen LogP contribution in [-0.2, 0) is 28.9 Å². The van der Waals surface area contributed by atoms with Crippen molar-refractivity contribution in [1.82, 2.24) is 0 Å². The molecule has 0 unspecified atom stereocenters. The van der Waals surface area contributed by atoms with Gasteiger partial charge in [0.2, 0.25) is 0 Å². The molecule has 0 spiro atoms. The largest absolute Gasteiger partial charge is 0.332 e. The summed E-state index contributed by atoms with van der Waals surface area (Å²) in [7, 11) is 0. The number of nitrogens with zero attached hydrogens (tertiary/aromatic N) is 3. The number of oxime groups is 3. The molecule has 3 aromatic carbocycles. The van der Waals surface area contributed by atoms with E-state index >= 15 is 0 Å². The lowest BCUT2D eigenvalue weighted by atomic mass is 9.94. The van der Waals surface area contributed by atoms with Crippen molar-refractivity contribution < 1.29 is 28.9 Å². The molecular weight excluding hydrogens is 450 g/mol. The Kier molecular flexibility index (Phi) is 8.18. The van der Waals surface area contributed by atoms with Crippen molar-refractivity contribution in [2.45, 2.75) is 27.7 Å². The highest BCUT2D eigenvalue weighted by Gasteiger charge is 2.25. The number of fused-ring (bicyclic) bond motifs is 1. The van der Waals surface area contributed by atoms with Gasteiger partial charge < -0.3 is 14.5 Å². The summed E-state index contributed by atoms with van der Waals surface area (Å²) in [5.74, 6) is -2.06. The SMILES string of the molecule is CC(=O)O/N=C(C(=N/OC(C)=O)/c1ccc(C)cc1)\C(=N\OC(C)=O)c1cccc2ccccc12. The summed E-state index contributed by atoms with van der Waals surface area (Å²) in [5, 5.41) is 13.6. The second-order valence-corrected chi connectivity index (χ2v) is 7.46. The maximum atomic E-state index is 11.7. The van der Waals surface area contributed by atoms with Crippen molar-refractivity contribution in [1.29, 1.82) is 0 Å². The molecule has 178 valence electrons. The molecule has 0 bridgehead atoms. The lowest BCUT2D eigenvalue weighted by Crippen LogP contribution is -2.28. The summed E-state index contributed by atoms with van der Waals surface area (Å²) in [6.07, 6.45) is 0. The van der Waals surface area contributed by atoms with Crippen molar-refractivity contribution in [3.05, 3.63) is 83.4 Å². The fraction of sp³-hybridized carbons (Fsp3) is 0.154. The van der Waals surface area contributed by atoms with Crippen LogP contribution in [-0.4, -0.2) is 35.0 Å². The smallest absolute Gasteiger partial charge is 0.318 e. The van der Waals surface area contributed by atoms with Crippen molar-refractivity contribution in [3.63, 3.8) is 0 Å². The van der Waals surface area contributed by atoms with E-state index in [2.05, 4.69) is 15.5 Å². The molecule has 0 saturated heterocycles. The number of aryl methyl sites for hydroxylation is 1. The molecule has 0 saturated carbocycles. The summed E-state index contributed by atoms with van der Waals surface area (Å²) in [4.78, 5) is 49.8. The average molecular weight is 473 g/mol. The summed E-state index contributed by atoms with van der Waals surface area (Å²) >= 11 is 0. The topological polar surface area (TPSA) is 116 Å². The fourth-order valence-corrected chi connectivity index (χ4v) is 3.12. The van der Waals surface area contributed by atoms with Crippen molar-refractivity contribution in [2.75, 3.05) is 0 Å². The predicted molar refractivity (Wildman–Crippen MR) is 131 cm³/mol. The molecule has 0 heterocycles. The standard InChI is InChI=1S/C26H23N3O6/c1-16-12-14-21(15-13-16)24(27-33-17(2)30)26(29-35-19(4)32)25(28-34-18(3)31)23-11-7-9-20-8-5-6-10-22(20)23/h5-15H,1-4H3/b27-24+,28-25+,29-26-. The van der Waals surface area contributed by atoms with Crippen LogP contribution >= 0.6 is 0 Å². The Morgan fingerprint density at radius 1 is 0.629 bits per heavy atom. The molecule has 9 nitrogen and oxygen atoms in total. The van der Waals surface area contributed by atoms with Gasteiger partial charge in [0, 0.05) is 31.9 Å². The van der Waals surface area contributed by atoms with Crippen LogP contribution in [0.5, 0.6) is 0 Å². The molecule has 0 radical (unpaired) electrons. The van der Waals surface area contributed by atoms with E-state index in [9.17, 15) is 14.4 Å². The number of carbonyl (C=O) groups excluding carboxylic acids is 3. The van der Waals surface area contributed by atoms with E-state index < -0.39 is 17.9 Å². The van der Waals surface area contributed by atoms with Gasteiger partial charge in [0.25, 0.3) is 0 Å². The van der Waals surface area contributed by atoms with Crippen LogP contribution in [0.1, 0.15) is 37.5 Å². The molecule has 0 fully saturated rings. The Hall–Kier alpha value is -4.66. The molecule has 0 N–H and O–H groups in total. The molecular formula is C26H23N3O6. The van der Waals surface area contributed by atoms with Gasteiger partial charge in [-0.25, -0.2) is 14.4 Å². The number of carbonyl (C=O) groups is 3. The third-order valence-corrected chi connectivity index (χ3v) is 4.61. The van der Waals surface area contributed by atoms with Crippen LogP contribution < -0.4 is 0 Å². The molecule has 0 atom stereocenters. The van der Waals surface area contributed by atoms with Gasteiger partial charge in [0.1, 0.15) is 11.4 Å². The summed E-state index contributed by atoms with van der Waals surface area (Å²) in [6, 6.07) is 20.0. The zero-order valence-electron chi connectivity index (χ0n) is 19.6. The van der Waals surface area contributed by atoms with Gasteiger partial charge >= 0.3 is 17.9 Å². The normalized spacial score (nSPS) is 12.3. The monoisotopic (exact) mass is 473 g/mol. The minimum absolute atomic E-state index is 0.0280. The number of rotatable bonds is 7. The van der Waals surface area contributed by atoms with Crippen LogP contribution in [0.15, 0.2) is 82.2 Å². The highest BCUT2D eigenvalue weighted by molar-refractivity contribution is 6.74. The first-order valence-corrected chi connectivity index (χ1v) is 10.6.